The minimum absolute atomic E-state index is 0.331. The number of furan rings is 4. The van der Waals surface area contributed by atoms with Gasteiger partial charge in [0.15, 0.2) is 23.0 Å². The average molecular weight is 1050 g/mol. The zero-order valence-corrected chi connectivity index (χ0v) is 42.4. The Balaban J connectivity index is 0.000000126. The second-order valence-electron chi connectivity index (χ2n) is 20.1. The van der Waals surface area contributed by atoms with E-state index in [4.69, 9.17) is 22.7 Å². The summed E-state index contributed by atoms with van der Waals surface area (Å²) in [5, 5.41) is 0. The van der Waals surface area contributed by atoms with E-state index in [1.165, 1.54) is 0 Å². The maximum Gasteiger partial charge on any atom is 0.207 e. The summed E-state index contributed by atoms with van der Waals surface area (Å²) in [4.78, 5) is 10.7. The second kappa shape index (κ2) is 15.0. The van der Waals surface area contributed by atoms with E-state index in [0.29, 0.717) is 25.1 Å². The first-order valence-corrected chi connectivity index (χ1v) is 28.3. The summed E-state index contributed by atoms with van der Waals surface area (Å²) in [5.74, 6) is 3.74. The maximum atomic E-state index is 13.3. The molecule has 18 rings (SSSR count). The molecule has 0 N–H and O–H groups in total. The average Bonchev–Trinajstić information content (AvgIpc) is 4.36. The molecular weight excluding hydrogens is 1010 g/mol. The number of para-hydroxylation sites is 3. The van der Waals surface area contributed by atoms with E-state index in [1.54, 1.807) is 67.6 Å². The van der Waals surface area contributed by atoms with Crippen LogP contribution in [0.1, 0.15) is 44.5 Å². The lowest BCUT2D eigenvalue weighted by Crippen LogP contribution is -2.36. The number of aromatic nitrogens is 1. The second-order valence-corrected chi connectivity index (χ2v) is 23.9. The molecule has 372 valence electrons. The molecular formula is C65H37N3O8S2. The number of rotatable bonds is 2. The van der Waals surface area contributed by atoms with Gasteiger partial charge in [0, 0.05) is 67.6 Å². The van der Waals surface area contributed by atoms with Gasteiger partial charge in [-0.05, 0) is 114 Å². The Morgan fingerprint density at radius 1 is 0.333 bits per heavy atom. The third-order valence-electron chi connectivity index (χ3n) is 16.7. The van der Waals surface area contributed by atoms with E-state index >= 15 is 0 Å². The highest BCUT2D eigenvalue weighted by Gasteiger charge is 2.57. The topological polar surface area (TPSA) is 140 Å². The molecule has 5 aromatic heterocycles. The summed E-state index contributed by atoms with van der Waals surface area (Å²) in [7, 11) is -7.11. The quantitative estimate of drug-likeness (QED) is 0.163. The molecule has 0 saturated carbocycles. The molecule has 0 unspecified atom stereocenters. The minimum Gasteiger partial charge on any atom is -0.461 e. The Morgan fingerprint density at radius 3 is 1.15 bits per heavy atom. The molecule has 9 heterocycles. The number of nitrogens with zero attached hydrogens (tertiary/aromatic N) is 3. The number of pyridine rings is 1. The van der Waals surface area contributed by atoms with Gasteiger partial charge < -0.3 is 22.6 Å². The van der Waals surface area contributed by atoms with Crippen LogP contribution < -0.4 is 9.80 Å². The maximum absolute atomic E-state index is 13.3. The number of hydrogen-bond donors (Lipinski definition) is 0. The summed E-state index contributed by atoms with van der Waals surface area (Å²) < 4.78 is 76.9. The van der Waals surface area contributed by atoms with Crippen LogP contribution in [-0.4, -0.2) is 21.8 Å². The highest BCUT2D eigenvalue weighted by molar-refractivity contribution is 7.92. The molecule has 2 spiro atoms. The van der Waals surface area contributed by atoms with Crippen LogP contribution in [0, 0.1) is 0 Å². The predicted molar refractivity (Wildman–Crippen MR) is 293 cm³/mol. The minimum atomic E-state index is -3.56. The van der Waals surface area contributed by atoms with E-state index < -0.39 is 30.5 Å². The number of anilines is 6. The van der Waals surface area contributed by atoms with Crippen molar-refractivity contribution in [1.29, 1.82) is 0 Å². The normalized spacial score (nSPS) is 16.3. The van der Waals surface area contributed by atoms with Crippen molar-refractivity contribution in [2.75, 3.05) is 9.80 Å². The van der Waals surface area contributed by atoms with Crippen molar-refractivity contribution in [3.63, 3.8) is 0 Å². The van der Waals surface area contributed by atoms with Crippen LogP contribution in [0.2, 0.25) is 0 Å². The number of benzene rings is 7. The Labute approximate surface area is 446 Å². The Bertz CT molecular complexity index is 4360. The molecule has 4 aliphatic heterocycles. The zero-order chi connectivity index (χ0) is 51.9. The predicted octanol–water partition coefficient (Wildman–Crippen LogP) is 15.1. The van der Waals surface area contributed by atoms with Gasteiger partial charge in [-0.3, -0.25) is 4.90 Å². The molecule has 0 bridgehead atoms. The fourth-order valence-corrected chi connectivity index (χ4v) is 17.1. The van der Waals surface area contributed by atoms with Crippen molar-refractivity contribution < 1.29 is 34.5 Å². The summed E-state index contributed by atoms with van der Waals surface area (Å²) in [6.07, 6.45) is 8.67. The van der Waals surface area contributed by atoms with E-state index in [2.05, 4.69) is 64.4 Å². The Kier molecular flexibility index (Phi) is 8.39. The third-order valence-corrected chi connectivity index (χ3v) is 20.4. The van der Waals surface area contributed by atoms with Crippen LogP contribution in [0.5, 0.6) is 0 Å². The van der Waals surface area contributed by atoms with Crippen LogP contribution >= 0.6 is 0 Å². The molecule has 7 aromatic carbocycles. The summed E-state index contributed by atoms with van der Waals surface area (Å²) >= 11 is 0. The number of fused-ring (bicyclic) bond motifs is 24. The van der Waals surface area contributed by atoms with E-state index in [9.17, 15) is 16.8 Å². The summed E-state index contributed by atoms with van der Waals surface area (Å²) in [5.41, 5.74) is 14.8. The van der Waals surface area contributed by atoms with E-state index in [1.807, 2.05) is 103 Å². The number of sulfone groups is 2. The van der Waals surface area contributed by atoms with Gasteiger partial charge in [0.25, 0.3) is 0 Å². The summed E-state index contributed by atoms with van der Waals surface area (Å²) in [6.45, 7) is 0. The Morgan fingerprint density at radius 2 is 0.692 bits per heavy atom. The van der Waals surface area contributed by atoms with Gasteiger partial charge in [-0.25, -0.2) is 21.8 Å². The molecule has 13 heteroatoms. The van der Waals surface area contributed by atoms with Crippen molar-refractivity contribution >= 4 is 53.9 Å². The van der Waals surface area contributed by atoms with Crippen LogP contribution in [0.25, 0.3) is 45.3 Å². The SMILES string of the molecule is O=S1(=O)c2ccccc2-c2cc(N3c4ccccc4C4(c5ccccc53)c3ccoc3-c3occc34)ccc21.O=S1(=O)c2ccccc2-c2cc(N3c4ccccc4C4(c5cccnc53)c3ccoc3-c3occc34)ccc21. The first-order valence-electron chi connectivity index (χ1n) is 25.4. The molecule has 0 fully saturated rings. The van der Waals surface area contributed by atoms with Crippen molar-refractivity contribution in [1.82, 2.24) is 4.98 Å². The van der Waals surface area contributed by atoms with Gasteiger partial charge in [0.2, 0.25) is 19.7 Å². The monoisotopic (exact) mass is 1050 g/mol. The Hall–Kier alpha value is -9.69. The lowest BCUT2D eigenvalue weighted by molar-refractivity contribution is 0.525. The fraction of sp³-hybridized carbons (Fsp3) is 0.0308. The molecule has 2 aliphatic carbocycles. The summed E-state index contributed by atoms with van der Waals surface area (Å²) in [6, 6.07) is 62.9. The van der Waals surface area contributed by atoms with Crippen molar-refractivity contribution in [2.24, 2.45) is 0 Å². The lowest BCUT2D eigenvalue weighted by Gasteiger charge is -2.44. The van der Waals surface area contributed by atoms with Crippen LogP contribution in [0.3, 0.4) is 0 Å². The van der Waals surface area contributed by atoms with Gasteiger partial charge in [0.05, 0.1) is 72.5 Å². The largest absolute Gasteiger partial charge is 0.461 e. The van der Waals surface area contributed by atoms with Crippen LogP contribution in [0.4, 0.5) is 34.3 Å². The van der Waals surface area contributed by atoms with Gasteiger partial charge in [-0.15, -0.1) is 0 Å². The first kappa shape index (κ1) is 43.5. The molecule has 0 amide bonds. The highest BCUT2D eigenvalue weighted by atomic mass is 32.2. The van der Waals surface area contributed by atoms with E-state index in [-0.39, 0.29) is 0 Å². The molecule has 0 radical (unpaired) electrons. The van der Waals surface area contributed by atoms with Gasteiger partial charge in [-0.1, -0.05) is 97.1 Å². The van der Waals surface area contributed by atoms with Crippen molar-refractivity contribution in [2.45, 2.75) is 30.4 Å². The van der Waals surface area contributed by atoms with E-state index in [0.717, 1.165) is 118 Å². The first-order chi connectivity index (χ1) is 38.2. The third kappa shape index (κ3) is 5.15. The smallest absolute Gasteiger partial charge is 0.207 e. The molecule has 6 aliphatic rings. The van der Waals surface area contributed by atoms with Crippen molar-refractivity contribution in [3.8, 4) is 45.3 Å². The van der Waals surface area contributed by atoms with Crippen LogP contribution in [0.15, 0.2) is 263 Å². The van der Waals surface area contributed by atoms with Gasteiger partial charge >= 0.3 is 0 Å². The van der Waals surface area contributed by atoms with Gasteiger partial charge in [-0.2, -0.15) is 0 Å². The zero-order valence-electron chi connectivity index (χ0n) is 40.8. The van der Waals surface area contributed by atoms with Crippen LogP contribution in [-0.2, 0) is 30.5 Å². The number of hydrogen-bond acceptors (Lipinski definition) is 11. The fourth-order valence-electron chi connectivity index (χ4n) is 13.8. The molecule has 12 aromatic rings. The molecule has 0 atom stereocenters. The molecule has 78 heavy (non-hydrogen) atoms. The van der Waals surface area contributed by atoms with Gasteiger partial charge in [0.1, 0.15) is 5.82 Å². The molecule has 0 saturated heterocycles. The highest BCUT2D eigenvalue weighted by Crippen LogP contribution is 2.66. The molecule has 11 nitrogen and oxygen atoms in total. The van der Waals surface area contributed by atoms with Crippen molar-refractivity contribution in [3.05, 3.63) is 270 Å². The lowest BCUT2D eigenvalue weighted by atomic mass is 9.65. The standard InChI is InChI=1S/C33H19NO4S.C32H18N2O4S/c35-39(36)29-12-6-1-7-21(29)22-19-20(13-14-30(22)39)34-27-10-4-2-8-23(27)33(24-9-3-5-11-28(24)34)25-15-17-37-31(25)32-26(33)16-18-38-32;35-39(36)27-10-4-1-6-20(27)21-18-19(11-12-28(21)39)34-26-9-3-2-7-22(26)32(25-8-5-15-33-31(25)34)23-13-16-37-29(23)30-24(32)14-17-38-30/h1-19H;1-18H.